The van der Waals surface area contributed by atoms with E-state index < -0.39 is 0 Å². The zero-order valence-electron chi connectivity index (χ0n) is 8.59. The number of hydrogen-bond acceptors (Lipinski definition) is 6. The van der Waals surface area contributed by atoms with E-state index in [9.17, 15) is 0 Å². The maximum Gasteiger partial charge on any atom is 0.203 e. The number of aromatic nitrogens is 2. The first-order valence-corrected chi connectivity index (χ1v) is 5.62. The van der Waals surface area contributed by atoms with Crippen LogP contribution in [0.5, 0.6) is 5.75 Å². The van der Waals surface area contributed by atoms with E-state index in [0.29, 0.717) is 29.6 Å². The molecule has 6 heteroatoms. The Hall–Kier alpha value is -1.82. The molecule has 0 aliphatic carbocycles. The van der Waals surface area contributed by atoms with E-state index in [4.69, 9.17) is 16.2 Å². The second kappa shape index (κ2) is 4.80. The van der Waals surface area contributed by atoms with Crippen molar-refractivity contribution in [2.75, 3.05) is 18.1 Å². The Kier molecular flexibility index (Phi) is 3.21. The molecule has 1 heterocycles. The van der Waals surface area contributed by atoms with Crippen LogP contribution in [0.2, 0.25) is 0 Å². The third-order valence-electron chi connectivity index (χ3n) is 1.97. The Morgan fingerprint density at radius 3 is 2.69 bits per heavy atom. The zero-order chi connectivity index (χ0) is 11.4. The molecule has 0 spiro atoms. The van der Waals surface area contributed by atoms with Crippen LogP contribution in [0.15, 0.2) is 24.3 Å². The van der Waals surface area contributed by atoms with Crippen molar-refractivity contribution in [2.45, 2.75) is 6.42 Å². The summed E-state index contributed by atoms with van der Waals surface area (Å²) in [6, 6.07) is 7.39. The number of nitrogens with two attached hydrogens (primary N) is 2. The average molecular weight is 236 g/mol. The summed E-state index contributed by atoms with van der Waals surface area (Å²) in [4.78, 5) is 0. The Morgan fingerprint density at radius 1 is 1.19 bits per heavy atom. The van der Waals surface area contributed by atoms with Crippen LogP contribution in [-0.2, 0) is 6.42 Å². The summed E-state index contributed by atoms with van der Waals surface area (Å²) in [6.07, 6.45) is 0.684. The maximum atomic E-state index is 5.73. The molecule has 1 aromatic carbocycles. The van der Waals surface area contributed by atoms with Gasteiger partial charge in [0.1, 0.15) is 10.8 Å². The largest absolute Gasteiger partial charge is 0.491 e. The number of nitrogen functional groups attached to an aromatic ring is 2. The van der Waals surface area contributed by atoms with E-state index in [1.807, 2.05) is 18.2 Å². The van der Waals surface area contributed by atoms with E-state index in [2.05, 4.69) is 10.2 Å². The van der Waals surface area contributed by atoms with Gasteiger partial charge in [-0.1, -0.05) is 23.5 Å². The summed E-state index contributed by atoms with van der Waals surface area (Å²) >= 11 is 1.37. The molecule has 0 saturated carbocycles. The molecule has 0 bridgehead atoms. The molecule has 1 aromatic heterocycles. The number of para-hydroxylation sites is 2. The Morgan fingerprint density at radius 2 is 2.00 bits per heavy atom. The van der Waals surface area contributed by atoms with Crippen LogP contribution in [0.3, 0.4) is 0 Å². The normalized spacial score (nSPS) is 10.2. The summed E-state index contributed by atoms with van der Waals surface area (Å²) < 4.78 is 5.52. The van der Waals surface area contributed by atoms with Crippen LogP contribution < -0.4 is 16.2 Å². The zero-order valence-corrected chi connectivity index (χ0v) is 9.41. The second-order valence-corrected chi connectivity index (χ2v) is 4.26. The number of ether oxygens (including phenoxy) is 1. The summed E-state index contributed by atoms with van der Waals surface area (Å²) in [5, 5.41) is 8.98. The minimum atomic E-state index is 0.481. The molecule has 16 heavy (non-hydrogen) atoms. The maximum absolute atomic E-state index is 5.73. The molecule has 0 amide bonds. The fraction of sp³-hybridized carbons (Fsp3) is 0.200. The molecule has 0 unspecified atom stereocenters. The lowest BCUT2D eigenvalue weighted by Gasteiger charge is -2.06. The van der Waals surface area contributed by atoms with Crippen LogP contribution in [0.25, 0.3) is 0 Å². The Labute approximate surface area is 97.1 Å². The minimum absolute atomic E-state index is 0.481. The fourth-order valence-electron chi connectivity index (χ4n) is 1.23. The smallest absolute Gasteiger partial charge is 0.203 e. The Balaban J connectivity index is 1.87. The predicted molar refractivity (Wildman–Crippen MR) is 64.4 cm³/mol. The topological polar surface area (TPSA) is 87.0 Å². The summed E-state index contributed by atoms with van der Waals surface area (Å²) in [7, 11) is 0. The standard InChI is InChI=1S/C10H12N4OS/c11-7-3-1-2-4-8(7)15-6-5-9-13-14-10(12)16-9/h1-4H,5-6,11H2,(H2,12,14). The first-order chi connectivity index (χ1) is 7.75. The number of benzene rings is 1. The highest BCUT2D eigenvalue weighted by molar-refractivity contribution is 7.15. The van der Waals surface area contributed by atoms with E-state index in [1.165, 1.54) is 11.3 Å². The van der Waals surface area contributed by atoms with Crippen molar-refractivity contribution in [1.82, 2.24) is 10.2 Å². The lowest BCUT2D eigenvalue weighted by molar-refractivity contribution is 0.323. The second-order valence-electron chi connectivity index (χ2n) is 3.17. The number of nitrogens with zero attached hydrogens (tertiary/aromatic N) is 2. The van der Waals surface area contributed by atoms with Crippen LogP contribution in [0, 0.1) is 0 Å². The third kappa shape index (κ3) is 2.60. The van der Waals surface area contributed by atoms with Crippen LogP contribution in [-0.4, -0.2) is 16.8 Å². The molecular formula is C10H12N4OS. The highest BCUT2D eigenvalue weighted by atomic mass is 32.1. The molecule has 2 rings (SSSR count). The van der Waals surface area contributed by atoms with Crippen molar-refractivity contribution >= 4 is 22.2 Å². The van der Waals surface area contributed by atoms with Crippen LogP contribution >= 0.6 is 11.3 Å². The quantitative estimate of drug-likeness (QED) is 0.782. The lowest BCUT2D eigenvalue weighted by Crippen LogP contribution is -2.03. The van der Waals surface area contributed by atoms with Gasteiger partial charge in [-0.3, -0.25) is 0 Å². The molecular weight excluding hydrogens is 224 g/mol. The first kappa shape index (κ1) is 10.7. The monoisotopic (exact) mass is 236 g/mol. The van der Waals surface area contributed by atoms with Gasteiger partial charge in [0.2, 0.25) is 5.13 Å². The van der Waals surface area contributed by atoms with E-state index in [0.717, 1.165) is 5.01 Å². The molecule has 0 aliphatic rings. The van der Waals surface area contributed by atoms with Gasteiger partial charge in [-0.25, -0.2) is 0 Å². The van der Waals surface area contributed by atoms with Crippen LogP contribution in [0.4, 0.5) is 10.8 Å². The van der Waals surface area contributed by atoms with Gasteiger partial charge in [0.15, 0.2) is 0 Å². The molecule has 0 aliphatic heterocycles. The molecule has 84 valence electrons. The summed E-state index contributed by atoms with van der Waals surface area (Å²) in [5.41, 5.74) is 11.8. The van der Waals surface area contributed by atoms with Gasteiger partial charge >= 0.3 is 0 Å². The van der Waals surface area contributed by atoms with E-state index in [-0.39, 0.29) is 0 Å². The fourth-order valence-corrected chi connectivity index (χ4v) is 1.82. The van der Waals surface area contributed by atoms with E-state index in [1.54, 1.807) is 6.07 Å². The van der Waals surface area contributed by atoms with Crippen molar-refractivity contribution < 1.29 is 4.74 Å². The molecule has 2 aromatic rings. The lowest BCUT2D eigenvalue weighted by atomic mass is 10.3. The van der Waals surface area contributed by atoms with Gasteiger partial charge in [-0.05, 0) is 12.1 Å². The van der Waals surface area contributed by atoms with Crippen molar-refractivity contribution in [3.8, 4) is 5.75 Å². The molecule has 5 nitrogen and oxygen atoms in total. The molecule has 0 fully saturated rings. The van der Waals surface area contributed by atoms with Crippen molar-refractivity contribution in [3.05, 3.63) is 29.3 Å². The van der Waals surface area contributed by atoms with Crippen molar-refractivity contribution in [1.29, 1.82) is 0 Å². The highest BCUT2D eigenvalue weighted by Crippen LogP contribution is 2.20. The average Bonchev–Trinajstić information content (AvgIpc) is 2.67. The molecule has 0 radical (unpaired) electrons. The van der Waals surface area contributed by atoms with Gasteiger partial charge in [0.05, 0.1) is 12.3 Å². The summed E-state index contributed by atoms with van der Waals surface area (Å²) in [6.45, 7) is 0.517. The number of hydrogen-bond donors (Lipinski definition) is 2. The summed E-state index contributed by atoms with van der Waals surface area (Å²) in [5.74, 6) is 0.694. The van der Waals surface area contributed by atoms with Crippen molar-refractivity contribution in [3.63, 3.8) is 0 Å². The molecule has 0 atom stereocenters. The van der Waals surface area contributed by atoms with Gasteiger partial charge in [0, 0.05) is 6.42 Å². The first-order valence-electron chi connectivity index (χ1n) is 4.81. The Bertz CT molecular complexity index is 471. The molecule has 4 N–H and O–H groups in total. The van der Waals surface area contributed by atoms with Crippen LogP contribution in [0.1, 0.15) is 5.01 Å². The van der Waals surface area contributed by atoms with Gasteiger partial charge in [-0.15, -0.1) is 10.2 Å². The van der Waals surface area contributed by atoms with Gasteiger partial charge in [-0.2, -0.15) is 0 Å². The highest BCUT2D eigenvalue weighted by Gasteiger charge is 2.02. The van der Waals surface area contributed by atoms with E-state index >= 15 is 0 Å². The predicted octanol–water partition coefficient (Wildman–Crippen LogP) is 1.32. The van der Waals surface area contributed by atoms with Gasteiger partial charge in [0.25, 0.3) is 0 Å². The van der Waals surface area contributed by atoms with Gasteiger partial charge < -0.3 is 16.2 Å². The molecule has 0 saturated heterocycles. The SMILES string of the molecule is Nc1nnc(CCOc2ccccc2N)s1. The number of rotatable bonds is 4. The number of anilines is 2. The third-order valence-corrected chi connectivity index (χ3v) is 2.79. The minimum Gasteiger partial charge on any atom is -0.491 e. The van der Waals surface area contributed by atoms with Crippen molar-refractivity contribution in [2.24, 2.45) is 0 Å².